The number of nitrogens with one attached hydrogen (secondary N) is 1. The number of hydrazine groups is 1. The Morgan fingerprint density at radius 1 is 1.14 bits per heavy atom. The lowest BCUT2D eigenvalue weighted by Gasteiger charge is -2.19. The molecule has 2 nitrogen and oxygen atoms in total. The van der Waals surface area contributed by atoms with Gasteiger partial charge in [0.05, 0.1) is 5.69 Å². The molecule has 1 aromatic rings. The summed E-state index contributed by atoms with van der Waals surface area (Å²) in [7, 11) is 0. The van der Waals surface area contributed by atoms with E-state index in [1.165, 1.54) is 11.4 Å². The molecule has 2 heteroatoms. The number of benzene rings is 1. The van der Waals surface area contributed by atoms with Crippen LogP contribution in [0.4, 0.5) is 5.69 Å². The Balaban J connectivity index is 0.000000461. The maximum Gasteiger partial charge on any atom is 0.0573 e. The van der Waals surface area contributed by atoms with Gasteiger partial charge in [-0.1, -0.05) is 32.0 Å². The summed E-state index contributed by atoms with van der Waals surface area (Å²) in [4.78, 5) is 0. The second-order valence-electron chi connectivity index (χ2n) is 2.88. The monoisotopic (exact) mass is 190 g/mol. The van der Waals surface area contributed by atoms with Crippen molar-refractivity contribution >= 4 is 5.69 Å². The predicted octanol–water partition coefficient (Wildman–Crippen LogP) is 2.94. The minimum absolute atomic E-state index is 0.931. The van der Waals surface area contributed by atoms with E-state index in [4.69, 9.17) is 0 Å². The van der Waals surface area contributed by atoms with Gasteiger partial charge in [-0.25, -0.2) is 5.43 Å². The lowest BCUT2D eigenvalue weighted by Crippen LogP contribution is -2.30. The quantitative estimate of drug-likeness (QED) is 0.732. The number of hydrogen-bond acceptors (Lipinski definition) is 2. The summed E-state index contributed by atoms with van der Waals surface area (Å²) in [6.45, 7) is 7.04. The molecular formula is C12H18N2. The number of anilines is 1. The molecule has 0 bridgehead atoms. The number of nitrogens with zero attached hydrogens (tertiary/aromatic N) is 1. The summed E-state index contributed by atoms with van der Waals surface area (Å²) in [5.74, 6) is 0. The van der Waals surface area contributed by atoms with Crippen LogP contribution in [-0.2, 0) is 0 Å². The van der Waals surface area contributed by atoms with E-state index in [9.17, 15) is 0 Å². The maximum absolute atomic E-state index is 3.26. The largest absolute Gasteiger partial charge is 0.281 e. The first-order valence-corrected chi connectivity index (χ1v) is 5.13. The molecule has 1 aliphatic heterocycles. The van der Waals surface area contributed by atoms with Crippen molar-refractivity contribution in [2.45, 2.75) is 20.8 Å². The molecule has 0 unspecified atom stereocenters. The molecule has 0 saturated heterocycles. The minimum Gasteiger partial charge on any atom is -0.281 e. The standard InChI is InChI=1S/C10H12N2.C2H6/c1-9-7-8-11-12(9)10-5-3-2-4-6-10;1-2/h2-7,11H,8H2,1H3;1-2H3. The molecule has 0 amide bonds. The van der Waals surface area contributed by atoms with E-state index >= 15 is 0 Å². The molecule has 2 rings (SSSR count). The molecule has 1 aromatic carbocycles. The molecule has 0 radical (unpaired) electrons. The molecule has 0 aromatic heterocycles. The van der Waals surface area contributed by atoms with Crippen LogP contribution >= 0.6 is 0 Å². The Morgan fingerprint density at radius 3 is 2.29 bits per heavy atom. The predicted molar refractivity (Wildman–Crippen MR) is 62.0 cm³/mol. The SMILES string of the molecule is CC.CC1=CCNN1c1ccccc1. The Kier molecular flexibility index (Phi) is 4.20. The average molecular weight is 190 g/mol. The fourth-order valence-electron chi connectivity index (χ4n) is 1.37. The molecule has 76 valence electrons. The second kappa shape index (κ2) is 5.45. The van der Waals surface area contributed by atoms with Crippen molar-refractivity contribution in [1.29, 1.82) is 0 Å². The van der Waals surface area contributed by atoms with Gasteiger partial charge in [0.1, 0.15) is 0 Å². The first-order chi connectivity index (χ1) is 6.88. The van der Waals surface area contributed by atoms with Gasteiger partial charge in [0.15, 0.2) is 0 Å². The van der Waals surface area contributed by atoms with Crippen molar-refractivity contribution in [3.05, 3.63) is 42.1 Å². The summed E-state index contributed by atoms with van der Waals surface area (Å²) in [6.07, 6.45) is 2.17. The molecule has 1 N–H and O–H groups in total. The molecule has 1 aliphatic rings. The van der Waals surface area contributed by atoms with Crippen LogP contribution in [0.25, 0.3) is 0 Å². The Hall–Kier alpha value is -1.28. The third kappa shape index (κ3) is 2.36. The van der Waals surface area contributed by atoms with E-state index in [-0.39, 0.29) is 0 Å². The molecule has 0 spiro atoms. The van der Waals surface area contributed by atoms with Crippen LogP contribution in [0.1, 0.15) is 20.8 Å². The first kappa shape index (κ1) is 10.8. The summed E-state index contributed by atoms with van der Waals surface area (Å²) < 4.78 is 0. The Morgan fingerprint density at radius 2 is 1.79 bits per heavy atom. The minimum atomic E-state index is 0.931. The molecule has 0 saturated carbocycles. The van der Waals surface area contributed by atoms with Gasteiger partial charge in [0.2, 0.25) is 0 Å². The van der Waals surface area contributed by atoms with Gasteiger partial charge < -0.3 is 0 Å². The zero-order valence-corrected chi connectivity index (χ0v) is 9.12. The molecule has 0 fully saturated rings. The molecule has 1 heterocycles. The van der Waals surface area contributed by atoms with Gasteiger partial charge >= 0.3 is 0 Å². The zero-order chi connectivity index (χ0) is 10.4. The van der Waals surface area contributed by atoms with Crippen LogP contribution in [0.2, 0.25) is 0 Å². The van der Waals surface area contributed by atoms with Crippen molar-refractivity contribution < 1.29 is 0 Å². The fraction of sp³-hybridized carbons (Fsp3) is 0.333. The summed E-state index contributed by atoms with van der Waals surface area (Å²) in [5.41, 5.74) is 5.73. The van der Waals surface area contributed by atoms with Crippen molar-refractivity contribution in [2.75, 3.05) is 11.6 Å². The van der Waals surface area contributed by atoms with Crippen LogP contribution in [-0.4, -0.2) is 6.54 Å². The van der Waals surface area contributed by atoms with Crippen LogP contribution in [0.15, 0.2) is 42.1 Å². The topological polar surface area (TPSA) is 15.3 Å². The van der Waals surface area contributed by atoms with Crippen molar-refractivity contribution in [2.24, 2.45) is 0 Å². The van der Waals surface area contributed by atoms with E-state index in [1.54, 1.807) is 0 Å². The fourth-order valence-corrected chi connectivity index (χ4v) is 1.37. The number of rotatable bonds is 1. The van der Waals surface area contributed by atoms with Crippen molar-refractivity contribution in [3.8, 4) is 0 Å². The van der Waals surface area contributed by atoms with Gasteiger partial charge in [0, 0.05) is 12.2 Å². The van der Waals surface area contributed by atoms with E-state index in [0.717, 1.165) is 6.54 Å². The number of allylic oxidation sites excluding steroid dienone is 1. The Bertz CT molecular complexity index is 290. The summed E-state index contributed by atoms with van der Waals surface area (Å²) >= 11 is 0. The molecule has 0 atom stereocenters. The molecule has 14 heavy (non-hydrogen) atoms. The van der Waals surface area contributed by atoms with Crippen LogP contribution in [0, 0.1) is 0 Å². The summed E-state index contributed by atoms with van der Waals surface area (Å²) in [5, 5.41) is 2.10. The third-order valence-corrected chi connectivity index (χ3v) is 2.01. The average Bonchev–Trinajstić information content (AvgIpc) is 2.69. The van der Waals surface area contributed by atoms with Crippen LogP contribution < -0.4 is 10.4 Å². The van der Waals surface area contributed by atoms with E-state index < -0.39 is 0 Å². The Labute approximate surface area is 86.2 Å². The highest BCUT2D eigenvalue weighted by atomic mass is 15.5. The number of hydrogen-bond donors (Lipinski definition) is 1. The normalized spacial score (nSPS) is 14.5. The number of para-hydroxylation sites is 1. The third-order valence-electron chi connectivity index (χ3n) is 2.01. The lowest BCUT2D eigenvalue weighted by atomic mass is 10.3. The van der Waals surface area contributed by atoms with Gasteiger partial charge in [-0.2, -0.15) is 0 Å². The highest BCUT2D eigenvalue weighted by Crippen LogP contribution is 2.18. The van der Waals surface area contributed by atoms with Crippen LogP contribution in [0.3, 0.4) is 0 Å². The highest BCUT2D eigenvalue weighted by molar-refractivity contribution is 5.51. The van der Waals surface area contributed by atoms with Gasteiger partial charge in [-0.3, -0.25) is 5.01 Å². The smallest absolute Gasteiger partial charge is 0.0573 e. The summed E-state index contributed by atoms with van der Waals surface area (Å²) in [6, 6.07) is 10.3. The van der Waals surface area contributed by atoms with E-state index in [1.807, 2.05) is 32.0 Å². The lowest BCUT2D eigenvalue weighted by molar-refractivity contribution is 0.792. The zero-order valence-electron chi connectivity index (χ0n) is 9.12. The van der Waals surface area contributed by atoms with Crippen LogP contribution in [0.5, 0.6) is 0 Å². The second-order valence-corrected chi connectivity index (χ2v) is 2.88. The van der Waals surface area contributed by atoms with Crippen molar-refractivity contribution in [1.82, 2.24) is 5.43 Å². The van der Waals surface area contributed by atoms with E-state index in [0.29, 0.717) is 0 Å². The first-order valence-electron chi connectivity index (χ1n) is 5.13. The highest BCUT2D eigenvalue weighted by Gasteiger charge is 2.10. The van der Waals surface area contributed by atoms with Gasteiger partial charge in [-0.05, 0) is 25.1 Å². The van der Waals surface area contributed by atoms with Crippen molar-refractivity contribution in [3.63, 3.8) is 0 Å². The maximum atomic E-state index is 3.26. The van der Waals surface area contributed by atoms with E-state index in [2.05, 4.69) is 35.6 Å². The molecular weight excluding hydrogens is 172 g/mol. The van der Waals surface area contributed by atoms with Gasteiger partial charge in [-0.15, -0.1) is 0 Å². The van der Waals surface area contributed by atoms with Gasteiger partial charge in [0.25, 0.3) is 0 Å². The molecule has 0 aliphatic carbocycles.